The molecule has 4 rings (SSSR count). The van der Waals surface area contributed by atoms with E-state index in [-0.39, 0.29) is 17.7 Å². The molecular weight excluding hydrogens is 424 g/mol. The quantitative estimate of drug-likeness (QED) is 0.310. The van der Waals surface area contributed by atoms with Crippen molar-refractivity contribution in [1.29, 1.82) is 0 Å². The number of amides is 2. The molecule has 1 heterocycles. The van der Waals surface area contributed by atoms with Crippen molar-refractivity contribution in [2.24, 2.45) is 0 Å². The zero-order valence-corrected chi connectivity index (χ0v) is 18.6. The van der Waals surface area contributed by atoms with Crippen molar-refractivity contribution in [1.82, 2.24) is 15.6 Å². The van der Waals surface area contributed by atoms with E-state index >= 15 is 0 Å². The van der Waals surface area contributed by atoms with Gasteiger partial charge in [-0.2, -0.15) is 0 Å². The van der Waals surface area contributed by atoms with Gasteiger partial charge in [-0.3, -0.25) is 9.59 Å². The van der Waals surface area contributed by atoms with Crippen LogP contribution >= 0.6 is 0 Å². The summed E-state index contributed by atoms with van der Waals surface area (Å²) in [5.41, 5.74) is 4.98. The molecule has 3 N–H and O–H groups in total. The van der Waals surface area contributed by atoms with Gasteiger partial charge in [0.05, 0.1) is 0 Å². The zero-order valence-electron chi connectivity index (χ0n) is 18.6. The van der Waals surface area contributed by atoms with Crippen LogP contribution in [0.3, 0.4) is 0 Å². The number of aromatic nitrogens is 1. The topological polar surface area (TPSA) is 74.0 Å². The summed E-state index contributed by atoms with van der Waals surface area (Å²) in [5, 5.41) is 5.07. The summed E-state index contributed by atoms with van der Waals surface area (Å²) < 4.78 is 26.7. The van der Waals surface area contributed by atoms with Gasteiger partial charge in [0.15, 0.2) is 0 Å². The number of halogens is 2. The van der Waals surface area contributed by atoms with Crippen molar-refractivity contribution in [2.45, 2.75) is 44.6 Å². The molecule has 3 aromatic rings. The van der Waals surface area contributed by atoms with Crippen LogP contribution in [0.15, 0.2) is 54.6 Å². The monoisotopic (exact) mass is 453 g/mol. The van der Waals surface area contributed by atoms with Crippen molar-refractivity contribution in [3.8, 4) is 22.5 Å². The molecule has 33 heavy (non-hydrogen) atoms. The Bertz CT molecular complexity index is 1050. The molecule has 1 aliphatic carbocycles. The Morgan fingerprint density at radius 3 is 2.36 bits per heavy atom. The molecule has 7 heteroatoms. The Morgan fingerprint density at radius 2 is 1.76 bits per heavy atom. The second-order valence-corrected chi connectivity index (χ2v) is 8.20. The van der Waals surface area contributed by atoms with E-state index < -0.39 is 0 Å². The second kappa shape index (κ2) is 11.9. The normalized spacial score (nSPS) is 13.8. The molecular formula is C26H29F2N3O2. The number of nitrogens with one attached hydrogen (secondary N) is 3. The summed E-state index contributed by atoms with van der Waals surface area (Å²) in [6.07, 6.45) is 5.66. The third-order valence-electron chi connectivity index (χ3n) is 5.82. The van der Waals surface area contributed by atoms with E-state index in [0.29, 0.717) is 25.3 Å². The van der Waals surface area contributed by atoms with E-state index in [9.17, 15) is 18.4 Å². The summed E-state index contributed by atoms with van der Waals surface area (Å²) in [5.74, 6) is 0.0510. The molecule has 0 saturated heterocycles. The Morgan fingerprint density at radius 1 is 1.00 bits per heavy atom. The Kier molecular flexibility index (Phi) is 8.75. The highest BCUT2D eigenvalue weighted by molar-refractivity contribution is 5.72. The highest BCUT2D eigenvalue weighted by Gasteiger charge is 2.25. The number of aromatic amines is 1. The lowest BCUT2D eigenvalue weighted by Crippen LogP contribution is -2.28. The van der Waals surface area contributed by atoms with Crippen LogP contribution in [0.5, 0.6) is 0 Å². The van der Waals surface area contributed by atoms with Crippen molar-refractivity contribution in [3.05, 3.63) is 71.8 Å². The van der Waals surface area contributed by atoms with Crippen LogP contribution in [-0.2, 0) is 9.59 Å². The number of benzene rings is 2. The molecule has 174 valence electrons. The van der Waals surface area contributed by atoms with Crippen molar-refractivity contribution in [2.75, 3.05) is 6.54 Å². The molecule has 1 aliphatic rings. The first-order chi connectivity index (χ1) is 16.0. The van der Waals surface area contributed by atoms with Crippen LogP contribution in [0.25, 0.3) is 22.5 Å². The fourth-order valence-corrected chi connectivity index (χ4v) is 3.74. The molecule has 0 radical (unpaired) electrons. The maximum absolute atomic E-state index is 13.5. The van der Waals surface area contributed by atoms with Crippen LogP contribution < -0.4 is 10.6 Å². The predicted octanol–water partition coefficient (Wildman–Crippen LogP) is 5.15. The Labute approximate surface area is 192 Å². The van der Waals surface area contributed by atoms with E-state index in [4.69, 9.17) is 0 Å². The molecule has 1 saturated carbocycles. The van der Waals surface area contributed by atoms with E-state index in [0.717, 1.165) is 28.9 Å². The highest BCUT2D eigenvalue weighted by atomic mass is 19.1. The number of H-pyrrole nitrogens is 1. The van der Waals surface area contributed by atoms with Crippen molar-refractivity contribution < 1.29 is 18.4 Å². The van der Waals surface area contributed by atoms with Gasteiger partial charge in [-0.05, 0) is 85.7 Å². The number of hydrogen-bond acceptors (Lipinski definition) is 2. The Balaban J connectivity index is 0.000000262. The van der Waals surface area contributed by atoms with E-state index in [1.165, 1.54) is 49.1 Å². The van der Waals surface area contributed by atoms with E-state index in [1.807, 2.05) is 13.0 Å². The average molecular weight is 454 g/mol. The van der Waals surface area contributed by atoms with Gasteiger partial charge in [-0.25, -0.2) is 8.78 Å². The first-order valence-corrected chi connectivity index (χ1v) is 11.1. The summed E-state index contributed by atoms with van der Waals surface area (Å²) in [6.45, 7) is 2.48. The summed E-state index contributed by atoms with van der Waals surface area (Å²) in [4.78, 5) is 23.0. The number of hydrogen-bond donors (Lipinski definition) is 3. The van der Waals surface area contributed by atoms with Gasteiger partial charge in [0.25, 0.3) is 0 Å². The first-order valence-electron chi connectivity index (χ1n) is 11.1. The third-order valence-corrected chi connectivity index (χ3v) is 5.82. The maximum atomic E-state index is 13.5. The van der Waals surface area contributed by atoms with Crippen LogP contribution in [-0.4, -0.2) is 30.4 Å². The molecule has 0 spiro atoms. The van der Waals surface area contributed by atoms with Crippen molar-refractivity contribution >= 4 is 12.8 Å². The number of rotatable bonds is 9. The van der Waals surface area contributed by atoms with E-state index in [1.54, 1.807) is 18.2 Å². The number of carbonyl (C=O) groups is 2. The largest absolute Gasteiger partial charge is 0.359 e. The second-order valence-electron chi connectivity index (χ2n) is 8.20. The predicted molar refractivity (Wildman–Crippen MR) is 126 cm³/mol. The molecule has 2 aromatic carbocycles. The van der Waals surface area contributed by atoms with Crippen LogP contribution in [0.4, 0.5) is 8.78 Å². The molecule has 5 nitrogen and oxygen atoms in total. The minimum absolute atomic E-state index is 0.130. The van der Waals surface area contributed by atoms with Gasteiger partial charge < -0.3 is 15.6 Å². The lowest BCUT2D eigenvalue weighted by Gasteiger charge is -2.26. The van der Waals surface area contributed by atoms with Crippen molar-refractivity contribution in [3.63, 3.8) is 0 Å². The molecule has 1 fully saturated rings. The standard InChI is InChI=1S/C20H17F2N.C6H12N2O2/c21-16-9-7-14(8-10-16)20-18(13-3-1-4-13)12-19(23-20)15-5-2-6-17(22)11-15;1-6(8-5-10)2-3-7-4-9/h2,5-13,23H,1,3-4H2;4-6H,2-3H2,1H3,(H,7,9)(H,8,10). The van der Waals surface area contributed by atoms with Gasteiger partial charge in [0.2, 0.25) is 12.8 Å². The number of carbonyl (C=O) groups excluding carboxylic acids is 2. The van der Waals surface area contributed by atoms with Gasteiger partial charge in [0, 0.05) is 29.5 Å². The maximum Gasteiger partial charge on any atom is 0.207 e. The van der Waals surface area contributed by atoms with Gasteiger partial charge in [-0.1, -0.05) is 18.6 Å². The van der Waals surface area contributed by atoms with Crippen LogP contribution in [0.2, 0.25) is 0 Å². The molecule has 0 aliphatic heterocycles. The summed E-state index contributed by atoms with van der Waals surface area (Å²) in [7, 11) is 0. The first kappa shape index (κ1) is 24.2. The van der Waals surface area contributed by atoms with E-state index in [2.05, 4.69) is 21.7 Å². The van der Waals surface area contributed by atoms with Crippen LogP contribution in [0.1, 0.15) is 44.1 Å². The fourth-order valence-electron chi connectivity index (χ4n) is 3.74. The molecule has 1 unspecified atom stereocenters. The zero-order chi connectivity index (χ0) is 23.6. The minimum atomic E-state index is -0.245. The smallest absolute Gasteiger partial charge is 0.207 e. The third kappa shape index (κ3) is 6.75. The van der Waals surface area contributed by atoms with Gasteiger partial charge in [-0.15, -0.1) is 0 Å². The molecule has 1 aromatic heterocycles. The Hall–Kier alpha value is -3.48. The molecule has 2 amide bonds. The molecule has 0 bridgehead atoms. The highest BCUT2D eigenvalue weighted by Crippen LogP contribution is 2.43. The van der Waals surface area contributed by atoms with Crippen LogP contribution in [0, 0.1) is 11.6 Å². The SMILES string of the molecule is CC(CCNC=O)NC=O.Fc1ccc(-c2[nH]c(-c3cccc(F)c3)cc2C2CCC2)cc1. The average Bonchev–Trinajstić information content (AvgIpc) is 3.19. The minimum Gasteiger partial charge on any atom is -0.359 e. The lowest BCUT2D eigenvalue weighted by molar-refractivity contribution is -0.110. The lowest BCUT2D eigenvalue weighted by atomic mass is 9.79. The molecule has 1 atom stereocenters. The fraction of sp³-hybridized carbons (Fsp3) is 0.308. The van der Waals surface area contributed by atoms with Gasteiger partial charge in [0.1, 0.15) is 11.6 Å². The van der Waals surface area contributed by atoms with Gasteiger partial charge >= 0.3 is 0 Å². The summed E-state index contributed by atoms with van der Waals surface area (Å²) >= 11 is 0. The summed E-state index contributed by atoms with van der Waals surface area (Å²) in [6, 6.07) is 15.4.